The van der Waals surface area contributed by atoms with E-state index in [1.807, 2.05) is 6.92 Å². The van der Waals surface area contributed by atoms with Crippen molar-refractivity contribution in [3.63, 3.8) is 0 Å². The Kier molecular flexibility index (Phi) is 6.40. The van der Waals surface area contributed by atoms with E-state index >= 15 is 0 Å². The zero-order valence-corrected chi connectivity index (χ0v) is 15.8. The Bertz CT molecular complexity index is 830. The number of hydrogen-bond acceptors (Lipinski definition) is 5. The van der Waals surface area contributed by atoms with Crippen molar-refractivity contribution in [3.8, 4) is 11.8 Å². The van der Waals surface area contributed by atoms with E-state index in [4.69, 9.17) is 9.47 Å². The van der Waals surface area contributed by atoms with E-state index in [0.29, 0.717) is 37.4 Å². The highest BCUT2D eigenvalue weighted by Crippen LogP contribution is 2.28. The SMILES string of the molecule is CCOc1ccc(NC(=O)N2CCCC(Oc3nccc(C(F)(F)F)n3)C2)cc1. The lowest BCUT2D eigenvalue weighted by atomic mass is 10.1. The fourth-order valence-electron chi connectivity index (χ4n) is 2.93. The second-order valence-electron chi connectivity index (χ2n) is 6.44. The highest BCUT2D eigenvalue weighted by molar-refractivity contribution is 5.89. The molecule has 2 aromatic rings. The molecule has 1 aromatic heterocycles. The van der Waals surface area contributed by atoms with Crippen molar-refractivity contribution in [2.75, 3.05) is 25.0 Å². The van der Waals surface area contributed by atoms with Crippen LogP contribution in [0.3, 0.4) is 0 Å². The average molecular weight is 410 g/mol. The molecule has 0 aliphatic carbocycles. The van der Waals surface area contributed by atoms with Gasteiger partial charge >= 0.3 is 18.2 Å². The molecule has 29 heavy (non-hydrogen) atoms. The van der Waals surface area contributed by atoms with Gasteiger partial charge in [0.15, 0.2) is 5.69 Å². The van der Waals surface area contributed by atoms with Crippen molar-refractivity contribution in [3.05, 3.63) is 42.2 Å². The van der Waals surface area contributed by atoms with Gasteiger partial charge in [0.2, 0.25) is 0 Å². The van der Waals surface area contributed by atoms with Crippen LogP contribution in [0.4, 0.5) is 23.7 Å². The van der Waals surface area contributed by atoms with Gasteiger partial charge in [0.25, 0.3) is 0 Å². The van der Waals surface area contributed by atoms with Crippen LogP contribution >= 0.6 is 0 Å². The van der Waals surface area contributed by atoms with E-state index < -0.39 is 18.0 Å². The standard InChI is InChI=1S/C19H21F3N4O3/c1-2-28-14-7-5-13(6-8-14)24-18(27)26-11-3-4-15(12-26)29-17-23-10-9-16(25-17)19(20,21)22/h5-10,15H,2-4,11-12H2,1H3,(H,24,27). The molecular weight excluding hydrogens is 389 g/mol. The third-order valence-electron chi connectivity index (χ3n) is 4.28. The summed E-state index contributed by atoms with van der Waals surface area (Å²) in [6.45, 7) is 3.18. The lowest BCUT2D eigenvalue weighted by Crippen LogP contribution is -2.46. The molecule has 2 heterocycles. The number of likely N-dealkylation sites (tertiary alicyclic amines) is 1. The molecule has 156 valence electrons. The summed E-state index contributed by atoms with van der Waals surface area (Å²) in [7, 11) is 0. The third-order valence-corrected chi connectivity index (χ3v) is 4.28. The van der Waals surface area contributed by atoms with Crippen LogP contribution in [0.5, 0.6) is 11.8 Å². The molecule has 0 radical (unpaired) electrons. The van der Waals surface area contributed by atoms with Gasteiger partial charge in [-0.05, 0) is 50.1 Å². The van der Waals surface area contributed by atoms with E-state index in [0.717, 1.165) is 12.3 Å². The van der Waals surface area contributed by atoms with E-state index in [1.54, 1.807) is 29.2 Å². The highest BCUT2D eigenvalue weighted by Gasteiger charge is 2.33. The van der Waals surface area contributed by atoms with Crippen LogP contribution < -0.4 is 14.8 Å². The van der Waals surface area contributed by atoms with Crippen LogP contribution in [-0.4, -0.2) is 46.7 Å². The fourth-order valence-corrected chi connectivity index (χ4v) is 2.93. The summed E-state index contributed by atoms with van der Waals surface area (Å²) in [5, 5.41) is 2.79. The van der Waals surface area contributed by atoms with Crippen molar-refractivity contribution in [1.29, 1.82) is 0 Å². The summed E-state index contributed by atoms with van der Waals surface area (Å²) in [6.07, 6.45) is -2.81. The molecule has 1 N–H and O–H groups in total. The topological polar surface area (TPSA) is 76.6 Å². The van der Waals surface area contributed by atoms with Gasteiger partial charge < -0.3 is 19.7 Å². The molecule has 1 atom stereocenters. The zero-order valence-electron chi connectivity index (χ0n) is 15.8. The first-order valence-electron chi connectivity index (χ1n) is 9.21. The summed E-state index contributed by atoms with van der Waals surface area (Å²) in [6, 6.07) is 7.10. The summed E-state index contributed by atoms with van der Waals surface area (Å²) < 4.78 is 49.2. The molecule has 0 spiro atoms. The van der Waals surface area contributed by atoms with Crippen molar-refractivity contribution >= 4 is 11.7 Å². The first-order valence-corrected chi connectivity index (χ1v) is 9.21. The van der Waals surface area contributed by atoms with E-state index in [-0.39, 0.29) is 18.6 Å². The maximum absolute atomic E-state index is 12.8. The maximum Gasteiger partial charge on any atom is 0.433 e. The first kappa shape index (κ1) is 20.7. The zero-order chi connectivity index (χ0) is 20.9. The van der Waals surface area contributed by atoms with Crippen molar-refractivity contribution < 1.29 is 27.4 Å². The number of carbonyl (C=O) groups excluding carboxylic acids is 1. The average Bonchev–Trinajstić information content (AvgIpc) is 2.69. The first-order chi connectivity index (χ1) is 13.8. The Morgan fingerprint density at radius 1 is 1.28 bits per heavy atom. The highest BCUT2D eigenvalue weighted by atomic mass is 19.4. The molecular formula is C19H21F3N4O3. The summed E-state index contributed by atoms with van der Waals surface area (Å²) in [5.41, 5.74) is -0.453. The number of alkyl halides is 3. The van der Waals surface area contributed by atoms with E-state index in [1.165, 1.54) is 0 Å². The molecule has 2 amide bonds. The number of nitrogens with one attached hydrogen (secondary N) is 1. The normalized spacial score (nSPS) is 17.0. The molecule has 1 aromatic carbocycles. The van der Waals surface area contributed by atoms with Crippen LogP contribution in [0.1, 0.15) is 25.5 Å². The molecule has 1 fully saturated rings. The number of ether oxygens (including phenoxy) is 2. The largest absolute Gasteiger partial charge is 0.494 e. The van der Waals surface area contributed by atoms with Crippen molar-refractivity contribution in [2.45, 2.75) is 32.0 Å². The van der Waals surface area contributed by atoms with Crippen LogP contribution in [0.25, 0.3) is 0 Å². The Morgan fingerprint density at radius 3 is 2.72 bits per heavy atom. The van der Waals surface area contributed by atoms with Gasteiger partial charge in [0, 0.05) is 18.4 Å². The summed E-state index contributed by atoms with van der Waals surface area (Å²) in [5.74, 6) is 0.707. The van der Waals surface area contributed by atoms with Crippen molar-refractivity contribution in [2.24, 2.45) is 0 Å². The lowest BCUT2D eigenvalue weighted by Gasteiger charge is -2.32. The minimum atomic E-state index is -4.57. The second-order valence-corrected chi connectivity index (χ2v) is 6.44. The Balaban J connectivity index is 1.58. The quantitative estimate of drug-likeness (QED) is 0.807. The monoisotopic (exact) mass is 410 g/mol. The van der Waals surface area contributed by atoms with E-state index in [9.17, 15) is 18.0 Å². The number of nitrogens with zero attached hydrogens (tertiary/aromatic N) is 3. The molecule has 0 bridgehead atoms. The van der Waals surface area contributed by atoms with Gasteiger partial charge in [-0.3, -0.25) is 0 Å². The predicted octanol–water partition coefficient (Wildman–Crippen LogP) is 3.97. The number of carbonyl (C=O) groups is 1. The van der Waals surface area contributed by atoms with Crippen molar-refractivity contribution in [1.82, 2.24) is 14.9 Å². The number of rotatable bonds is 5. The van der Waals surface area contributed by atoms with E-state index in [2.05, 4.69) is 15.3 Å². The van der Waals surface area contributed by atoms with Gasteiger partial charge in [-0.15, -0.1) is 0 Å². The van der Waals surface area contributed by atoms with Crippen LogP contribution in [-0.2, 0) is 6.18 Å². The van der Waals surface area contributed by atoms with Crippen LogP contribution in [0.2, 0.25) is 0 Å². The Morgan fingerprint density at radius 2 is 2.03 bits per heavy atom. The maximum atomic E-state index is 12.8. The molecule has 10 heteroatoms. The smallest absolute Gasteiger partial charge is 0.433 e. The number of piperidine rings is 1. The molecule has 1 aliphatic rings. The van der Waals surface area contributed by atoms with Crippen LogP contribution in [0, 0.1) is 0 Å². The Hall–Kier alpha value is -3.04. The van der Waals surface area contributed by atoms with Gasteiger partial charge in [-0.2, -0.15) is 18.2 Å². The van der Waals surface area contributed by atoms with Crippen LogP contribution in [0.15, 0.2) is 36.5 Å². The minimum absolute atomic E-state index is 0.225. The molecule has 3 rings (SSSR count). The number of benzene rings is 1. The van der Waals surface area contributed by atoms with Gasteiger partial charge in [0.1, 0.15) is 11.9 Å². The van der Waals surface area contributed by atoms with Gasteiger partial charge in [-0.25, -0.2) is 9.78 Å². The minimum Gasteiger partial charge on any atom is -0.494 e. The third kappa shape index (κ3) is 5.72. The molecule has 1 aliphatic heterocycles. The number of anilines is 1. The molecule has 1 unspecified atom stereocenters. The number of halogens is 3. The molecule has 1 saturated heterocycles. The number of aromatic nitrogens is 2. The number of hydrogen-bond donors (Lipinski definition) is 1. The molecule has 7 nitrogen and oxygen atoms in total. The predicted molar refractivity (Wildman–Crippen MR) is 98.9 cm³/mol. The number of urea groups is 1. The number of amides is 2. The second kappa shape index (κ2) is 8.97. The lowest BCUT2D eigenvalue weighted by molar-refractivity contribution is -0.141. The van der Waals surface area contributed by atoms with Gasteiger partial charge in [-0.1, -0.05) is 0 Å². The van der Waals surface area contributed by atoms with Gasteiger partial charge in [0.05, 0.1) is 13.2 Å². The summed E-state index contributed by atoms with van der Waals surface area (Å²) in [4.78, 5) is 21.2. The molecule has 0 saturated carbocycles. The fraction of sp³-hybridized carbons (Fsp3) is 0.421. The summed E-state index contributed by atoms with van der Waals surface area (Å²) >= 11 is 0. The Labute approximate surface area is 165 Å².